The zero-order valence-corrected chi connectivity index (χ0v) is 12.2. The fourth-order valence-electron chi connectivity index (χ4n) is 2.43. The fourth-order valence-corrected chi connectivity index (χ4v) is 2.67. The molecule has 2 aromatic rings. The summed E-state index contributed by atoms with van der Waals surface area (Å²) in [5, 5.41) is 4.54. The number of anilines is 1. The molecule has 0 aliphatic carbocycles. The third-order valence-electron chi connectivity index (χ3n) is 3.57. The molecule has 0 bridgehead atoms. The molecule has 1 aliphatic rings. The van der Waals surface area contributed by atoms with Gasteiger partial charge in [-0.05, 0) is 20.0 Å². The molecule has 1 atom stereocenters. The lowest BCUT2D eigenvalue weighted by molar-refractivity contribution is 0.177. The van der Waals surface area contributed by atoms with Crippen LogP contribution in [-0.4, -0.2) is 46.7 Å². The molecule has 0 aromatic carbocycles. The van der Waals surface area contributed by atoms with E-state index in [1.54, 1.807) is 12.4 Å². The maximum Gasteiger partial charge on any atom is 0.245 e. The Balaban J connectivity index is 1.85. The highest BCUT2D eigenvalue weighted by Crippen LogP contribution is 2.30. The topological polar surface area (TPSA) is 58.3 Å². The van der Waals surface area contributed by atoms with Gasteiger partial charge in [-0.3, -0.25) is 9.88 Å². The van der Waals surface area contributed by atoms with Crippen LogP contribution in [0, 0.1) is 6.92 Å². The standard InChI is InChI=1S/C13H16ClN5O/c1-9-16-13(20-17-9)12-8-19(6-5-18(12)2)11-3-4-15-7-10(11)14/h3-4,7,12H,5-6,8H2,1-2H3/t12-/m0/s1. The summed E-state index contributed by atoms with van der Waals surface area (Å²) in [7, 11) is 2.07. The normalized spacial score (nSPS) is 20.4. The largest absolute Gasteiger partial charge is 0.367 e. The van der Waals surface area contributed by atoms with Crippen molar-refractivity contribution in [3.8, 4) is 0 Å². The highest BCUT2D eigenvalue weighted by molar-refractivity contribution is 6.33. The number of aromatic nitrogens is 3. The van der Waals surface area contributed by atoms with Crippen LogP contribution >= 0.6 is 11.6 Å². The molecule has 20 heavy (non-hydrogen) atoms. The second-order valence-corrected chi connectivity index (χ2v) is 5.36. The Morgan fingerprint density at radius 3 is 2.95 bits per heavy atom. The van der Waals surface area contributed by atoms with Crippen LogP contribution in [0.3, 0.4) is 0 Å². The van der Waals surface area contributed by atoms with Gasteiger partial charge < -0.3 is 9.42 Å². The van der Waals surface area contributed by atoms with Gasteiger partial charge in [0, 0.05) is 32.0 Å². The van der Waals surface area contributed by atoms with Crippen molar-refractivity contribution in [3.05, 3.63) is 35.2 Å². The van der Waals surface area contributed by atoms with Crippen LogP contribution in [0.2, 0.25) is 5.02 Å². The molecule has 0 saturated carbocycles. The van der Waals surface area contributed by atoms with E-state index in [1.807, 2.05) is 13.0 Å². The van der Waals surface area contributed by atoms with Crippen molar-refractivity contribution >= 4 is 17.3 Å². The first-order valence-corrected chi connectivity index (χ1v) is 6.88. The number of halogens is 1. The molecule has 1 fully saturated rings. The molecule has 0 radical (unpaired) electrons. The number of pyridine rings is 1. The molecule has 106 valence electrons. The second kappa shape index (κ2) is 5.38. The summed E-state index contributed by atoms with van der Waals surface area (Å²) in [4.78, 5) is 12.8. The summed E-state index contributed by atoms with van der Waals surface area (Å²) in [5.41, 5.74) is 0.996. The summed E-state index contributed by atoms with van der Waals surface area (Å²) in [5.74, 6) is 1.31. The number of nitrogens with zero attached hydrogens (tertiary/aromatic N) is 5. The Kier molecular flexibility index (Phi) is 3.58. The predicted octanol–water partition coefficient (Wildman–Crippen LogP) is 1.92. The molecule has 0 unspecified atom stereocenters. The summed E-state index contributed by atoms with van der Waals surface area (Å²) in [6, 6.07) is 2.01. The van der Waals surface area contributed by atoms with Crippen molar-refractivity contribution in [2.45, 2.75) is 13.0 Å². The van der Waals surface area contributed by atoms with Gasteiger partial charge in [0.1, 0.15) is 6.04 Å². The van der Waals surface area contributed by atoms with Crippen LogP contribution in [0.5, 0.6) is 0 Å². The molecule has 7 heteroatoms. The smallest absolute Gasteiger partial charge is 0.245 e. The summed E-state index contributed by atoms with van der Waals surface area (Å²) >= 11 is 6.22. The van der Waals surface area contributed by atoms with E-state index in [9.17, 15) is 0 Å². The maximum atomic E-state index is 6.22. The molecule has 6 nitrogen and oxygen atoms in total. The van der Waals surface area contributed by atoms with Gasteiger partial charge in [-0.25, -0.2) is 0 Å². The molecule has 2 aromatic heterocycles. The van der Waals surface area contributed by atoms with Gasteiger partial charge in [-0.15, -0.1) is 0 Å². The highest BCUT2D eigenvalue weighted by Gasteiger charge is 2.30. The van der Waals surface area contributed by atoms with Crippen LogP contribution in [0.25, 0.3) is 0 Å². The van der Waals surface area contributed by atoms with Crippen molar-refractivity contribution in [1.82, 2.24) is 20.0 Å². The molecule has 3 rings (SSSR count). The van der Waals surface area contributed by atoms with Gasteiger partial charge >= 0.3 is 0 Å². The van der Waals surface area contributed by atoms with E-state index in [2.05, 4.69) is 32.0 Å². The first-order valence-electron chi connectivity index (χ1n) is 6.50. The summed E-state index contributed by atoms with van der Waals surface area (Å²) in [6.07, 6.45) is 3.42. The average Bonchev–Trinajstić information content (AvgIpc) is 2.87. The SMILES string of the molecule is Cc1noc([C@@H]2CN(c3ccncc3Cl)CCN2C)n1. The minimum Gasteiger partial charge on any atom is -0.367 e. The monoisotopic (exact) mass is 293 g/mol. The lowest BCUT2D eigenvalue weighted by atomic mass is 10.1. The van der Waals surface area contributed by atoms with E-state index < -0.39 is 0 Å². The van der Waals surface area contributed by atoms with Crippen molar-refractivity contribution in [2.24, 2.45) is 0 Å². The number of aryl methyl sites for hydroxylation is 1. The lowest BCUT2D eigenvalue weighted by Crippen LogP contribution is -2.47. The molecule has 0 N–H and O–H groups in total. The molecule has 3 heterocycles. The Morgan fingerprint density at radius 1 is 1.40 bits per heavy atom. The predicted molar refractivity (Wildman–Crippen MR) is 75.9 cm³/mol. The van der Waals surface area contributed by atoms with Crippen LogP contribution in [0.4, 0.5) is 5.69 Å². The van der Waals surface area contributed by atoms with Gasteiger partial charge in [-0.1, -0.05) is 16.8 Å². The van der Waals surface area contributed by atoms with Crippen LogP contribution < -0.4 is 4.90 Å². The van der Waals surface area contributed by atoms with Crippen LogP contribution in [0.1, 0.15) is 17.8 Å². The quantitative estimate of drug-likeness (QED) is 0.843. The summed E-state index contributed by atoms with van der Waals surface area (Å²) in [6.45, 7) is 4.41. The van der Waals surface area contributed by atoms with E-state index >= 15 is 0 Å². The molecule has 1 aliphatic heterocycles. The Labute approximate surface area is 122 Å². The highest BCUT2D eigenvalue weighted by atomic mass is 35.5. The molecular weight excluding hydrogens is 278 g/mol. The maximum absolute atomic E-state index is 6.22. The van der Waals surface area contributed by atoms with Gasteiger partial charge in [0.05, 0.1) is 10.7 Å². The Hall–Kier alpha value is -1.66. The molecular formula is C13H16ClN5O. The summed E-state index contributed by atoms with van der Waals surface area (Å²) < 4.78 is 5.31. The third kappa shape index (κ3) is 2.48. The van der Waals surface area contributed by atoms with E-state index in [4.69, 9.17) is 16.1 Å². The van der Waals surface area contributed by atoms with Gasteiger partial charge in [0.15, 0.2) is 5.82 Å². The van der Waals surface area contributed by atoms with Crippen molar-refractivity contribution in [3.63, 3.8) is 0 Å². The van der Waals surface area contributed by atoms with Crippen LogP contribution in [0.15, 0.2) is 23.0 Å². The zero-order valence-electron chi connectivity index (χ0n) is 11.5. The van der Waals surface area contributed by atoms with Gasteiger partial charge in [-0.2, -0.15) is 4.98 Å². The first kappa shape index (κ1) is 13.3. The molecule has 0 amide bonds. The third-order valence-corrected chi connectivity index (χ3v) is 3.86. The average molecular weight is 294 g/mol. The minimum absolute atomic E-state index is 0.0779. The van der Waals surface area contributed by atoms with E-state index in [1.165, 1.54) is 0 Å². The molecule has 1 saturated heterocycles. The van der Waals surface area contributed by atoms with Crippen molar-refractivity contribution in [1.29, 1.82) is 0 Å². The van der Waals surface area contributed by atoms with Crippen molar-refractivity contribution < 1.29 is 4.52 Å². The van der Waals surface area contributed by atoms with Gasteiger partial charge in [0.2, 0.25) is 5.89 Å². The number of piperazine rings is 1. The second-order valence-electron chi connectivity index (χ2n) is 4.95. The Bertz CT molecular complexity index is 602. The van der Waals surface area contributed by atoms with E-state index in [-0.39, 0.29) is 6.04 Å². The van der Waals surface area contributed by atoms with Crippen LogP contribution in [-0.2, 0) is 0 Å². The van der Waals surface area contributed by atoms with E-state index in [0.717, 1.165) is 25.3 Å². The fraction of sp³-hybridized carbons (Fsp3) is 0.462. The molecule has 0 spiro atoms. The first-order chi connectivity index (χ1) is 9.65. The number of likely N-dealkylation sites (N-methyl/N-ethyl adjacent to an activating group) is 1. The van der Waals surface area contributed by atoms with Crippen molar-refractivity contribution in [2.75, 3.05) is 31.6 Å². The van der Waals surface area contributed by atoms with E-state index in [0.29, 0.717) is 16.7 Å². The minimum atomic E-state index is 0.0779. The number of rotatable bonds is 2. The zero-order chi connectivity index (χ0) is 14.1. The lowest BCUT2D eigenvalue weighted by Gasteiger charge is -2.39. The Morgan fingerprint density at radius 2 is 2.25 bits per heavy atom. The van der Waals surface area contributed by atoms with Gasteiger partial charge in [0.25, 0.3) is 0 Å². The number of hydrogen-bond acceptors (Lipinski definition) is 6. The number of hydrogen-bond donors (Lipinski definition) is 0.